The number of halogens is 2. The minimum Gasteiger partial charge on any atom is -0.310 e. The summed E-state index contributed by atoms with van der Waals surface area (Å²) in [6, 6.07) is 14.8. The Morgan fingerprint density at radius 1 is 1.00 bits per heavy atom. The van der Waals surface area contributed by atoms with Crippen molar-refractivity contribution in [2.45, 2.75) is 32.7 Å². The zero-order chi connectivity index (χ0) is 15.2. The maximum Gasteiger partial charge on any atom is 0.0595 e. The zero-order valence-corrected chi connectivity index (χ0v) is 14.0. The van der Waals surface area contributed by atoms with Crippen LogP contribution in [0.15, 0.2) is 42.5 Å². The van der Waals surface area contributed by atoms with E-state index < -0.39 is 0 Å². The number of hydrogen-bond donors (Lipinski definition) is 1. The number of likely N-dealkylation sites (N-methyl/N-ethyl adjacent to an activating group) is 1. The highest BCUT2D eigenvalue weighted by Crippen LogP contribution is 2.27. The van der Waals surface area contributed by atoms with Gasteiger partial charge in [0.1, 0.15) is 0 Å². The number of nitrogens with one attached hydrogen (secondary N) is 1. The van der Waals surface area contributed by atoms with Gasteiger partial charge in [0.05, 0.1) is 10.0 Å². The molecule has 1 atom stereocenters. The van der Waals surface area contributed by atoms with Crippen molar-refractivity contribution in [2.24, 2.45) is 0 Å². The molecule has 21 heavy (non-hydrogen) atoms. The minimum atomic E-state index is 0.295. The second-order valence-electron chi connectivity index (χ2n) is 5.12. The molecule has 1 unspecified atom stereocenters. The van der Waals surface area contributed by atoms with Gasteiger partial charge in [-0.3, -0.25) is 0 Å². The molecule has 1 N–H and O–H groups in total. The molecule has 0 amide bonds. The molecule has 2 aromatic carbocycles. The minimum absolute atomic E-state index is 0.295. The summed E-state index contributed by atoms with van der Waals surface area (Å²) < 4.78 is 0. The molecule has 0 heterocycles. The van der Waals surface area contributed by atoms with Gasteiger partial charge in [-0.05, 0) is 48.2 Å². The van der Waals surface area contributed by atoms with Crippen LogP contribution in [0.4, 0.5) is 0 Å². The van der Waals surface area contributed by atoms with Crippen LogP contribution in [0.2, 0.25) is 10.0 Å². The van der Waals surface area contributed by atoms with Crippen molar-refractivity contribution in [2.75, 3.05) is 6.54 Å². The maximum absolute atomic E-state index is 6.13. The molecule has 0 radical (unpaired) electrons. The van der Waals surface area contributed by atoms with Gasteiger partial charge in [-0.15, -0.1) is 0 Å². The Hall–Kier alpha value is -1.02. The van der Waals surface area contributed by atoms with E-state index in [1.165, 1.54) is 16.7 Å². The van der Waals surface area contributed by atoms with Gasteiger partial charge in [0.2, 0.25) is 0 Å². The number of hydrogen-bond acceptors (Lipinski definition) is 1. The van der Waals surface area contributed by atoms with Crippen LogP contribution >= 0.6 is 23.2 Å². The van der Waals surface area contributed by atoms with Crippen molar-refractivity contribution in [3.05, 3.63) is 69.2 Å². The molecule has 1 nitrogen and oxygen atoms in total. The summed E-state index contributed by atoms with van der Waals surface area (Å²) in [7, 11) is 0. The van der Waals surface area contributed by atoms with E-state index in [0.29, 0.717) is 16.1 Å². The first-order chi connectivity index (χ1) is 10.2. The second kappa shape index (κ2) is 7.84. The molecule has 0 saturated heterocycles. The molecule has 3 heteroatoms. The molecular weight excluding hydrogens is 301 g/mol. The molecule has 0 aliphatic carbocycles. The number of aryl methyl sites for hydroxylation is 1. The summed E-state index contributed by atoms with van der Waals surface area (Å²) >= 11 is 12.1. The van der Waals surface area contributed by atoms with Crippen LogP contribution in [0.3, 0.4) is 0 Å². The third-order valence-electron chi connectivity index (χ3n) is 3.69. The normalized spacial score (nSPS) is 12.4. The molecule has 0 saturated carbocycles. The molecule has 2 aromatic rings. The molecule has 2 rings (SSSR count). The molecule has 0 bridgehead atoms. The second-order valence-corrected chi connectivity index (χ2v) is 5.93. The Labute approximate surface area is 137 Å². The highest BCUT2D eigenvalue weighted by molar-refractivity contribution is 6.42. The van der Waals surface area contributed by atoms with Gasteiger partial charge in [0, 0.05) is 6.04 Å². The van der Waals surface area contributed by atoms with Gasteiger partial charge in [-0.25, -0.2) is 0 Å². The molecule has 0 aliphatic heterocycles. The fourth-order valence-corrected chi connectivity index (χ4v) is 2.96. The molecule has 0 fully saturated rings. The largest absolute Gasteiger partial charge is 0.310 e. The van der Waals surface area contributed by atoms with Crippen molar-refractivity contribution in [1.82, 2.24) is 5.32 Å². The molecule has 112 valence electrons. The lowest BCUT2D eigenvalue weighted by molar-refractivity contribution is 0.546. The Bertz CT molecular complexity index is 596. The van der Waals surface area contributed by atoms with Crippen molar-refractivity contribution in [3.63, 3.8) is 0 Å². The van der Waals surface area contributed by atoms with E-state index in [1.807, 2.05) is 18.2 Å². The first-order valence-electron chi connectivity index (χ1n) is 7.40. The third-order valence-corrected chi connectivity index (χ3v) is 4.42. The molecule has 0 spiro atoms. The summed E-state index contributed by atoms with van der Waals surface area (Å²) in [4.78, 5) is 0. The average Bonchev–Trinajstić information content (AvgIpc) is 2.50. The molecule has 0 aliphatic rings. The SMILES string of the molecule is CCNC(Cc1ccc(Cl)c(Cl)c1)c1ccccc1CC. The van der Waals surface area contributed by atoms with Gasteiger partial charge in [0.25, 0.3) is 0 Å². The van der Waals surface area contributed by atoms with Crippen LogP contribution in [0.5, 0.6) is 0 Å². The van der Waals surface area contributed by atoms with Crippen molar-refractivity contribution in [1.29, 1.82) is 0 Å². The van der Waals surface area contributed by atoms with Crippen LogP contribution in [-0.2, 0) is 12.8 Å². The third kappa shape index (κ3) is 4.23. The smallest absolute Gasteiger partial charge is 0.0595 e. The van der Waals surface area contributed by atoms with E-state index in [-0.39, 0.29) is 0 Å². The first kappa shape index (κ1) is 16.4. The first-order valence-corrected chi connectivity index (χ1v) is 8.16. The highest BCUT2D eigenvalue weighted by atomic mass is 35.5. The topological polar surface area (TPSA) is 12.0 Å². The van der Waals surface area contributed by atoms with Crippen LogP contribution in [0, 0.1) is 0 Å². The van der Waals surface area contributed by atoms with E-state index >= 15 is 0 Å². The summed E-state index contributed by atoms with van der Waals surface area (Å²) in [5, 5.41) is 4.80. The molecular formula is C18H21Cl2N. The summed E-state index contributed by atoms with van der Waals surface area (Å²) in [6.45, 7) is 5.27. The summed E-state index contributed by atoms with van der Waals surface area (Å²) in [6.07, 6.45) is 1.95. The fourth-order valence-electron chi connectivity index (χ4n) is 2.64. The van der Waals surface area contributed by atoms with Gasteiger partial charge >= 0.3 is 0 Å². The number of benzene rings is 2. The van der Waals surface area contributed by atoms with E-state index in [4.69, 9.17) is 23.2 Å². The zero-order valence-electron chi connectivity index (χ0n) is 12.5. The number of rotatable bonds is 6. The Balaban J connectivity index is 2.28. The summed E-state index contributed by atoms with van der Waals surface area (Å²) in [5.41, 5.74) is 3.96. The lowest BCUT2D eigenvalue weighted by atomic mass is 9.93. The predicted octanol–water partition coefficient (Wildman–Crippen LogP) is 5.45. The van der Waals surface area contributed by atoms with Crippen molar-refractivity contribution >= 4 is 23.2 Å². The Morgan fingerprint density at radius 2 is 1.76 bits per heavy atom. The van der Waals surface area contributed by atoms with Gasteiger partial charge in [-0.2, -0.15) is 0 Å². The van der Waals surface area contributed by atoms with Gasteiger partial charge in [0.15, 0.2) is 0 Å². The van der Waals surface area contributed by atoms with E-state index in [9.17, 15) is 0 Å². The quantitative estimate of drug-likeness (QED) is 0.746. The maximum atomic E-state index is 6.13. The van der Waals surface area contributed by atoms with Crippen LogP contribution < -0.4 is 5.32 Å². The average molecular weight is 322 g/mol. The van der Waals surface area contributed by atoms with E-state index in [1.54, 1.807) is 0 Å². The van der Waals surface area contributed by atoms with Crippen LogP contribution in [0.25, 0.3) is 0 Å². The van der Waals surface area contributed by atoms with Crippen LogP contribution in [-0.4, -0.2) is 6.54 Å². The van der Waals surface area contributed by atoms with E-state index in [0.717, 1.165) is 19.4 Å². The van der Waals surface area contributed by atoms with Gasteiger partial charge < -0.3 is 5.32 Å². The van der Waals surface area contributed by atoms with Crippen LogP contribution in [0.1, 0.15) is 36.6 Å². The van der Waals surface area contributed by atoms with E-state index in [2.05, 4.69) is 43.4 Å². The Kier molecular flexibility index (Phi) is 6.10. The highest BCUT2D eigenvalue weighted by Gasteiger charge is 2.14. The fraction of sp³-hybridized carbons (Fsp3) is 0.333. The Morgan fingerprint density at radius 3 is 2.43 bits per heavy atom. The predicted molar refractivity (Wildman–Crippen MR) is 92.4 cm³/mol. The summed E-state index contributed by atoms with van der Waals surface area (Å²) in [5.74, 6) is 0. The van der Waals surface area contributed by atoms with Crippen molar-refractivity contribution < 1.29 is 0 Å². The lowest BCUT2D eigenvalue weighted by Crippen LogP contribution is -2.24. The molecule has 0 aromatic heterocycles. The lowest BCUT2D eigenvalue weighted by Gasteiger charge is -2.21. The standard InChI is InChI=1S/C18H21Cl2N/c1-3-14-7-5-6-8-15(14)18(21-4-2)12-13-9-10-16(19)17(20)11-13/h5-11,18,21H,3-4,12H2,1-2H3. The van der Waals surface area contributed by atoms with Gasteiger partial charge in [-0.1, -0.05) is 67.4 Å². The monoisotopic (exact) mass is 321 g/mol. The van der Waals surface area contributed by atoms with Crippen molar-refractivity contribution in [3.8, 4) is 0 Å².